The van der Waals surface area contributed by atoms with Gasteiger partial charge in [0.15, 0.2) is 12.0 Å². The van der Waals surface area contributed by atoms with Crippen LogP contribution in [0.5, 0.6) is 5.75 Å². The molecule has 1 amide bonds. The van der Waals surface area contributed by atoms with E-state index in [0.29, 0.717) is 23.4 Å². The van der Waals surface area contributed by atoms with Gasteiger partial charge in [0.2, 0.25) is 5.95 Å². The Morgan fingerprint density at radius 1 is 1.16 bits per heavy atom. The number of aliphatic hydroxyl groups is 1. The third-order valence-electron chi connectivity index (χ3n) is 8.67. The van der Waals surface area contributed by atoms with E-state index in [0.717, 1.165) is 45.1 Å². The van der Waals surface area contributed by atoms with E-state index in [4.69, 9.17) is 9.47 Å². The van der Waals surface area contributed by atoms with Gasteiger partial charge >= 0.3 is 0 Å². The fraction of sp³-hybridized carbons (Fsp3) is 0.469. The topological polar surface area (TPSA) is 140 Å². The smallest absolute Gasteiger partial charge is 0.251 e. The van der Waals surface area contributed by atoms with Crippen molar-refractivity contribution in [3.05, 3.63) is 54.4 Å². The number of nitrogens with zero attached hydrogens (tertiary/aromatic N) is 7. The van der Waals surface area contributed by atoms with Gasteiger partial charge in [-0.15, -0.1) is 0 Å². The lowest BCUT2D eigenvalue weighted by molar-refractivity contribution is -0.146. The first-order valence-electron chi connectivity index (χ1n) is 15.3. The zero-order chi connectivity index (χ0) is 31.5. The van der Waals surface area contributed by atoms with E-state index in [1.54, 1.807) is 25.1 Å². The number of aromatic nitrogens is 3. The summed E-state index contributed by atoms with van der Waals surface area (Å²) in [6.07, 6.45) is -1.89. The summed E-state index contributed by atoms with van der Waals surface area (Å²) in [5.74, 6) is 0.445. The molecule has 3 aromatic rings. The van der Waals surface area contributed by atoms with Gasteiger partial charge in [0.1, 0.15) is 30.4 Å². The molecule has 0 spiro atoms. The first-order valence-corrected chi connectivity index (χ1v) is 15.3. The molecular formula is C32H37FN8O4. The van der Waals surface area contributed by atoms with E-state index < -0.39 is 24.3 Å². The number of anilines is 3. The Labute approximate surface area is 261 Å². The van der Waals surface area contributed by atoms with Crippen molar-refractivity contribution >= 4 is 23.2 Å². The number of carbonyl (C=O) groups is 1. The van der Waals surface area contributed by atoms with Crippen molar-refractivity contribution in [3.8, 4) is 23.2 Å². The minimum atomic E-state index is -1.47. The van der Waals surface area contributed by atoms with Crippen molar-refractivity contribution in [2.24, 2.45) is 0 Å². The van der Waals surface area contributed by atoms with Gasteiger partial charge in [-0.25, -0.2) is 14.4 Å². The number of benzene rings is 2. The summed E-state index contributed by atoms with van der Waals surface area (Å²) >= 11 is 0. The zero-order valence-electron chi connectivity index (χ0n) is 25.3. The second-order valence-corrected chi connectivity index (χ2v) is 11.8. The summed E-state index contributed by atoms with van der Waals surface area (Å²) in [7, 11) is 0. The molecule has 3 saturated heterocycles. The zero-order valence-corrected chi connectivity index (χ0v) is 25.3. The number of hydrogen-bond acceptors (Lipinski definition) is 11. The van der Waals surface area contributed by atoms with E-state index in [1.807, 2.05) is 12.1 Å². The van der Waals surface area contributed by atoms with Gasteiger partial charge in [-0.05, 0) is 56.3 Å². The fourth-order valence-corrected chi connectivity index (χ4v) is 5.95. The van der Waals surface area contributed by atoms with E-state index in [2.05, 4.69) is 48.3 Å². The van der Waals surface area contributed by atoms with Crippen LogP contribution >= 0.6 is 0 Å². The first kappa shape index (κ1) is 30.6. The van der Waals surface area contributed by atoms with Crippen LogP contribution in [0, 0.1) is 11.3 Å². The minimum absolute atomic E-state index is 0.188. The molecule has 1 aromatic heterocycles. The van der Waals surface area contributed by atoms with Crippen molar-refractivity contribution < 1.29 is 23.8 Å². The van der Waals surface area contributed by atoms with Crippen LogP contribution in [0.15, 0.2) is 48.8 Å². The Bertz CT molecular complexity index is 1540. The molecule has 4 heterocycles. The van der Waals surface area contributed by atoms with Crippen LogP contribution in [0.4, 0.5) is 21.7 Å². The van der Waals surface area contributed by atoms with Crippen LogP contribution in [0.25, 0.3) is 11.4 Å². The van der Waals surface area contributed by atoms with E-state index in [9.17, 15) is 15.2 Å². The largest absolute Gasteiger partial charge is 0.486 e. The van der Waals surface area contributed by atoms with Crippen LogP contribution in [0.1, 0.15) is 25.8 Å². The Kier molecular flexibility index (Phi) is 9.07. The fourth-order valence-electron chi connectivity index (χ4n) is 5.95. The van der Waals surface area contributed by atoms with Crippen LogP contribution in [-0.4, -0.2) is 112 Å². The lowest BCUT2D eigenvalue weighted by Gasteiger charge is -2.43. The number of rotatable bonds is 8. The maximum atomic E-state index is 15.0. The lowest BCUT2D eigenvalue weighted by Crippen LogP contribution is -2.56. The Morgan fingerprint density at radius 2 is 1.91 bits per heavy atom. The van der Waals surface area contributed by atoms with E-state index in [-0.39, 0.29) is 30.3 Å². The van der Waals surface area contributed by atoms with Crippen molar-refractivity contribution in [1.82, 2.24) is 24.8 Å². The average Bonchev–Trinajstić information content (AvgIpc) is 3.02. The lowest BCUT2D eigenvalue weighted by atomic mass is 9.98. The molecule has 1 unspecified atom stereocenters. The second-order valence-electron chi connectivity index (χ2n) is 11.8. The summed E-state index contributed by atoms with van der Waals surface area (Å²) < 4.78 is 26.3. The van der Waals surface area contributed by atoms with Crippen molar-refractivity contribution in [3.63, 3.8) is 0 Å². The number of alkyl halides is 1. The number of nitrogens with one attached hydrogen (secondary N) is 1. The van der Waals surface area contributed by atoms with Crippen LogP contribution in [0.3, 0.4) is 0 Å². The Hall–Kier alpha value is -4.38. The number of hydrogen-bond donors (Lipinski definition) is 2. The highest BCUT2D eigenvalue weighted by molar-refractivity contribution is 5.80. The molecule has 0 aliphatic carbocycles. The quantitative estimate of drug-likeness (QED) is 0.386. The van der Waals surface area contributed by atoms with Crippen molar-refractivity contribution in [2.45, 2.75) is 50.7 Å². The molecule has 0 bridgehead atoms. The molecule has 2 aromatic carbocycles. The molecule has 0 radical (unpaired) electrons. The first-order chi connectivity index (χ1) is 21.8. The molecule has 12 nitrogen and oxygen atoms in total. The third-order valence-corrected chi connectivity index (χ3v) is 8.67. The van der Waals surface area contributed by atoms with Crippen molar-refractivity contribution in [2.75, 3.05) is 56.2 Å². The van der Waals surface area contributed by atoms with E-state index in [1.165, 1.54) is 23.8 Å². The number of nitriles is 1. The molecule has 13 heteroatoms. The maximum absolute atomic E-state index is 15.0. The molecule has 0 saturated carbocycles. The van der Waals surface area contributed by atoms with Crippen LogP contribution < -0.4 is 15.0 Å². The molecule has 236 valence electrons. The van der Waals surface area contributed by atoms with Gasteiger partial charge < -0.3 is 29.7 Å². The van der Waals surface area contributed by atoms with Gasteiger partial charge in [-0.2, -0.15) is 10.2 Å². The molecule has 45 heavy (non-hydrogen) atoms. The average molecular weight is 617 g/mol. The molecule has 6 rings (SSSR count). The van der Waals surface area contributed by atoms with Gasteiger partial charge in [-0.3, -0.25) is 9.69 Å². The summed E-state index contributed by atoms with van der Waals surface area (Å²) in [6, 6.07) is 15.4. The number of aliphatic hydroxyl groups excluding tert-OH is 1. The maximum Gasteiger partial charge on any atom is 0.251 e. The van der Waals surface area contributed by atoms with Gasteiger partial charge in [0.25, 0.3) is 5.91 Å². The highest BCUT2D eigenvalue weighted by Crippen LogP contribution is 2.30. The Balaban J connectivity index is 1.08. The number of likely N-dealkylation sites (tertiary alicyclic amines) is 1. The van der Waals surface area contributed by atoms with Gasteiger partial charge in [0, 0.05) is 55.6 Å². The number of ether oxygens (including phenoxy) is 2. The predicted molar refractivity (Wildman–Crippen MR) is 165 cm³/mol. The molecule has 4 atom stereocenters. The summed E-state index contributed by atoms with van der Waals surface area (Å²) in [5.41, 5.74) is 2.79. The van der Waals surface area contributed by atoms with Crippen LogP contribution in [0.2, 0.25) is 0 Å². The molecule has 3 aliphatic rings. The molecule has 3 aliphatic heterocycles. The van der Waals surface area contributed by atoms with Crippen LogP contribution in [-0.2, 0) is 9.53 Å². The number of piperidine rings is 1. The Morgan fingerprint density at radius 3 is 2.58 bits per heavy atom. The monoisotopic (exact) mass is 616 g/mol. The highest BCUT2D eigenvalue weighted by Gasteiger charge is 2.38. The second kappa shape index (κ2) is 13.3. The minimum Gasteiger partial charge on any atom is -0.486 e. The number of amides is 1. The van der Waals surface area contributed by atoms with Crippen molar-refractivity contribution in [1.29, 1.82) is 5.26 Å². The normalized spacial score (nSPS) is 23.1. The molecule has 2 N–H and O–H groups in total. The molecule has 3 fully saturated rings. The number of piperazine rings is 1. The third kappa shape index (κ3) is 6.83. The standard InChI is InChI=1S/C32H37FN8O4/c1-20-13-29(27(33)16-41(20)31(43)21(2)42)45-28-8-3-22(14-23(28)15-34)30-35-19-36-32(38-30)37-24-4-6-25(7-5-24)39-9-11-40(12-10-39)26-17-44-18-26/h3-8,14,19-21,26-27,29,42H,9-13,16-18H2,1-2H3,(H,35,36,37,38)/t20-,21+,27+,29?/m0/s1. The summed E-state index contributed by atoms with van der Waals surface area (Å²) in [5, 5.41) is 22.7. The highest BCUT2D eigenvalue weighted by atomic mass is 19.1. The van der Waals surface area contributed by atoms with Gasteiger partial charge in [0.05, 0.1) is 31.4 Å². The van der Waals surface area contributed by atoms with E-state index >= 15 is 4.39 Å². The SMILES string of the molecule is C[C@@H](O)C(=O)N1C[C@@H](F)C(Oc2ccc(-c3ncnc(Nc4ccc(N5CCN(C6COC6)CC5)cc4)n3)cc2C#N)C[C@@H]1C. The number of halogens is 1. The summed E-state index contributed by atoms with van der Waals surface area (Å²) in [6.45, 7) is 8.67. The van der Waals surface area contributed by atoms with Gasteiger partial charge in [-0.1, -0.05) is 0 Å². The predicted octanol–water partition coefficient (Wildman–Crippen LogP) is 2.76. The number of carbonyl (C=O) groups excluding carboxylic acids is 1. The summed E-state index contributed by atoms with van der Waals surface area (Å²) in [4.78, 5) is 31.5. The molecular weight excluding hydrogens is 579 g/mol.